The molecule has 2 amide bonds. The van der Waals surface area contributed by atoms with E-state index >= 15 is 0 Å². The number of benzene rings is 1. The summed E-state index contributed by atoms with van der Waals surface area (Å²) in [4.78, 5) is 23.4. The van der Waals surface area contributed by atoms with Crippen LogP contribution >= 0.6 is 0 Å². The predicted octanol–water partition coefficient (Wildman–Crippen LogP) is 1.35. The Morgan fingerprint density at radius 3 is 2.35 bits per heavy atom. The van der Waals surface area contributed by atoms with Gasteiger partial charge in [0.2, 0.25) is 0 Å². The van der Waals surface area contributed by atoms with Crippen LogP contribution in [-0.2, 0) is 9.59 Å². The third-order valence-electron chi connectivity index (χ3n) is 3.63. The summed E-state index contributed by atoms with van der Waals surface area (Å²) < 4.78 is 0. The molecule has 5 heteroatoms. The van der Waals surface area contributed by atoms with Crippen LogP contribution in [0.3, 0.4) is 0 Å². The largest absolute Gasteiger partial charge is 0.388 e. The maximum Gasteiger partial charge on any atom is 0.313 e. The summed E-state index contributed by atoms with van der Waals surface area (Å²) in [5.74, 6) is -1.43. The standard InChI is InChI=1S/C15H20N2O3/c1-11-4-6-12(7-5-11)17-14(19)13(18)16-10-15(20)8-2-3-9-15/h4-7,20H,2-3,8-10H2,1H3,(H,16,18)(H,17,19). The van der Waals surface area contributed by atoms with Gasteiger partial charge in [-0.05, 0) is 31.9 Å². The molecule has 0 saturated heterocycles. The Morgan fingerprint density at radius 2 is 1.75 bits per heavy atom. The van der Waals surface area contributed by atoms with Gasteiger partial charge in [-0.2, -0.15) is 0 Å². The van der Waals surface area contributed by atoms with E-state index in [1.54, 1.807) is 12.1 Å². The average Bonchev–Trinajstić information content (AvgIpc) is 2.86. The van der Waals surface area contributed by atoms with Crippen molar-refractivity contribution in [1.82, 2.24) is 5.32 Å². The van der Waals surface area contributed by atoms with Crippen molar-refractivity contribution >= 4 is 17.5 Å². The maximum absolute atomic E-state index is 11.7. The number of rotatable bonds is 3. The normalized spacial score (nSPS) is 16.7. The molecule has 1 aromatic rings. The summed E-state index contributed by atoms with van der Waals surface area (Å²) >= 11 is 0. The number of nitrogens with one attached hydrogen (secondary N) is 2. The van der Waals surface area contributed by atoms with Gasteiger partial charge in [-0.1, -0.05) is 30.5 Å². The van der Waals surface area contributed by atoms with Crippen molar-refractivity contribution in [2.24, 2.45) is 0 Å². The Labute approximate surface area is 118 Å². The molecule has 108 valence electrons. The van der Waals surface area contributed by atoms with E-state index in [1.165, 1.54) is 0 Å². The molecule has 0 unspecified atom stereocenters. The highest BCUT2D eigenvalue weighted by Gasteiger charge is 2.31. The molecule has 0 aliphatic heterocycles. The Hall–Kier alpha value is -1.88. The van der Waals surface area contributed by atoms with Gasteiger partial charge in [0.25, 0.3) is 0 Å². The third-order valence-corrected chi connectivity index (χ3v) is 3.63. The van der Waals surface area contributed by atoms with Gasteiger partial charge in [0, 0.05) is 12.2 Å². The van der Waals surface area contributed by atoms with Crippen LogP contribution in [0.25, 0.3) is 0 Å². The van der Waals surface area contributed by atoms with Crippen molar-refractivity contribution in [1.29, 1.82) is 0 Å². The van der Waals surface area contributed by atoms with Crippen LogP contribution < -0.4 is 10.6 Å². The first-order valence-electron chi connectivity index (χ1n) is 6.87. The van der Waals surface area contributed by atoms with E-state index in [0.717, 1.165) is 18.4 Å². The van der Waals surface area contributed by atoms with E-state index in [1.807, 2.05) is 19.1 Å². The molecule has 0 bridgehead atoms. The number of aliphatic hydroxyl groups is 1. The van der Waals surface area contributed by atoms with Crippen molar-refractivity contribution in [2.75, 3.05) is 11.9 Å². The van der Waals surface area contributed by atoms with Crippen LogP contribution in [0.2, 0.25) is 0 Å². The minimum Gasteiger partial charge on any atom is -0.388 e. The van der Waals surface area contributed by atoms with Gasteiger partial charge in [-0.25, -0.2) is 0 Å². The van der Waals surface area contributed by atoms with E-state index in [0.29, 0.717) is 18.5 Å². The van der Waals surface area contributed by atoms with Crippen molar-refractivity contribution < 1.29 is 14.7 Å². The predicted molar refractivity (Wildman–Crippen MR) is 76.2 cm³/mol. The van der Waals surface area contributed by atoms with Gasteiger partial charge in [-0.15, -0.1) is 0 Å². The number of aryl methyl sites for hydroxylation is 1. The Bertz CT molecular complexity index is 490. The van der Waals surface area contributed by atoms with Crippen molar-refractivity contribution in [3.63, 3.8) is 0 Å². The van der Waals surface area contributed by atoms with E-state index in [-0.39, 0.29) is 6.54 Å². The van der Waals surface area contributed by atoms with Crippen molar-refractivity contribution in [3.05, 3.63) is 29.8 Å². The zero-order valence-corrected chi connectivity index (χ0v) is 11.6. The number of amides is 2. The molecular formula is C15H20N2O3. The fourth-order valence-electron chi connectivity index (χ4n) is 2.36. The maximum atomic E-state index is 11.7. The van der Waals surface area contributed by atoms with Crippen LogP contribution in [0, 0.1) is 6.92 Å². The Morgan fingerprint density at radius 1 is 1.15 bits per heavy atom. The minimum atomic E-state index is -0.847. The molecule has 0 aromatic heterocycles. The molecular weight excluding hydrogens is 256 g/mol. The number of carbonyl (C=O) groups excluding carboxylic acids is 2. The second kappa shape index (κ2) is 6.05. The summed E-state index contributed by atoms with van der Waals surface area (Å²) in [5, 5.41) is 15.1. The second-order valence-electron chi connectivity index (χ2n) is 5.43. The summed E-state index contributed by atoms with van der Waals surface area (Å²) in [5.41, 5.74) is 0.811. The minimum absolute atomic E-state index is 0.132. The van der Waals surface area contributed by atoms with Crippen LogP contribution in [0.1, 0.15) is 31.2 Å². The first kappa shape index (κ1) is 14.5. The smallest absolute Gasteiger partial charge is 0.313 e. The number of anilines is 1. The molecule has 0 atom stereocenters. The molecule has 0 radical (unpaired) electrons. The summed E-state index contributed by atoms with van der Waals surface area (Å²) in [6.07, 6.45) is 3.27. The molecule has 0 heterocycles. The number of hydrogen-bond acceptors (Lipinski definition) is 3. The lowest BCUT2D eigenvalue weighted by molar-refractivity contribution is -0.136. The molecule has 5 nitrogen and oxygen atoms in total. The first-order chi connectivity index (χ1) is 9.48. The fraction of sp³-hybridized carbons (Fsp3) is 0.467. The van der Waals surface area contributed by atoms with Gasteiger partial charge >= 0.3 is 11.8 Å². The molecule has 1 fully saturated rings. The van der Waals surface area contributed by atoms with Crippen molar-refractivity contribution in [2.45, 2.75) is 38.2 Å². The highest BCUT2D eigenvalue weighted by atomic mass is 16.3. The molecule has 0 spiro atoms. The van der Waals surface area contributed by atoms with E-state index in [9.17, 15) is 14.7 Å². The summed E-state index contributed by atoms with van der Waals surface area (Å²) in [6.45, 7) is 2.08. The average molecular weight is 276 g/mol. The lowest BCUT2D eigenvalue weighted by Gasteiger charge is -2.22. The molecule has 3 N–H and O–H groups in total. The van der Waals surface area contributed by atoms with Crippen LogP contribution in [-0.4, -0.2) is 29.1 Å². The molecule has 1 aliphatic rings. The molecule has 20 heavy (non-hydrogen) atoms. The van der Waals surface area contributed by atoms with Gasteiger partial charge < -0.3 is 15.7 Å². The van der Waals surface area contributed by atoms with Crippen molar-refractivity contribution in [3.8, 4) is 0 Å². The molecule has 1 aliphatic carbocycles. The first-order valence-corrected chi connectivity index (χ1v) is 6.87. The Kier molecular flexibility index (Phi) is 4.39. The summed E-state index contributed by atoms with van der Waals surface area (Å²) in [7, 11) is 0. The van der Waals surface area contributed by atoms with E-state index in [4.69, 9.17) is 0 Å². The monoisotopic (exact) mass is 276 g/mol. The topological polar surface area (TPSA) is 78.4 Å². The fourth-order valence-corrected chi connectivity index (χ4v) is 2.36. The second-order valence-corrected chi connectivity index (χ2v) is 5.43. The quantitative estimate of drug-likeness (QED) is 0.729. The zero-order chi connectivity index (χ0) is 14.6. The Balaban J connectivity index is 1.83. The van der Waals surface area contributed by atoms with Gasteiger partial charge in [-0.3, -0.25) is 9.59 Å². The number of carbonyl (C=O) groups is 2. The van der Waals surface area contributed by atoms with E-state index in [2.05, 4.69) is 10.6 Å². The third kappa shape index (κ3) is 3.81. The van der Waals surface area contributed by atoms with Gasteiger partial charge in [0.1, 0.15) is 0 Å². The van der Waals surface area contributed by atoms with Crippen LogP contribution in [0.5, 0.6) is 0 Å². The highest BCUT2D eigenvalue weighted by Crippen LogP contribution is 2.28. The van der Waals surface area contributed by atoms with Crippen LogP contribution in [0.4, 0.5) is 5.69 Å². The number of hydrogen-bond donors (Lipinski definition) is 3. The molecule has 1 aromatic carbocycles. The van der Waals surface area contributed by atoms with Gasteiger partial charge in [0.15, 0.2) is 0 Å². The molecule has 1 saturated carbocycles. The molecule has 2 rings (SSSR count). The zero-order valence-electron chi connectivity index (χ0n) is 11.6. The lowest BCUT2D eigenvalue weighted by atomic mass is 10.0. The van der Waals surface area contributed by atoms with E-state index < -0.39 is 17.4 Å². The van der Waals surface area contributed by atoms with Crippen LogP contribution in [0.15, 0.2) is 24.3 Å². The highest BCUT2D eigenvalue weighted by molar-refractivity contribution is 6.39. The lowest BCUT2D eigenvalue weighted by Crippen LogP contribution is -2.44. The van der Waals surface area contributed by atoms with Gasteiger partial charge in [0.05, 0.1) is 5.60 Å². The summed E-state index contributed by atoms with van der Waals surface area (Å²) in [6, 6.07) is 7.19. The SMILES string of the molecule is Cc1ccc(NC(=O)C(=O)NCC2(O)CCCC2)cc1.